The number of rotatable bonds is 6. The van der Waals surface area contributed by atoms with Gasteiger partial charge in [0, 0.05) is 37.5 Å². The first kappa shape index (κ1) is 17.0. The number of thiazole rings is 1. The fourth-order valence-electron chi connectivity index (χ4n) is 2.61. The quantitative estimate of drug-likeness (QED) is 0.836. The van der Waals surface area contributed by atoms with Gasteiger partial charge in [0.05, 0.1) is 18.9 Å². The van der Waals surface area contributed by atoms with Crippen LogP contribution in [0, 0.1) is 0 Å². The number of anilines is 1. The lowest BCUT2D eigenvalue weighted by Crippen LogP contribution is -2.35. The second-order valence-corrected chi connectivity index (χ2v) is 6.66. The number of carbonyl (C=O) groups is 1. The minimum atomic E-state index is -0.306. The topological polar surface area (TPSA) is 80.5 Å². The van der Waals surface area contributed by atoms with Gasteiger partial charge >= 0.3 is 0 Å². The number of ether oxygens (including phenoxy) is 1. The zero-order chi connectivity index (χ0) is 16.8. The first-order chi connectivity index (χ1) is 11.7. The molecule has 0 bridgehead atoms. The number of hydrogen-bond acceptors (Lipinski definition) is 6. The van der Waals surface area contributed by atoms with Crippen molar-refractivity contribution in [1.82, 2.24) is 9.88 Å². The molecule has 0 radical (unpaired) electrons. The van der Waals surface area contributed by atoms with E-state index in [0.29, 0.717) is 5.13 Å². The molecule has 7 heteroatoms. The van der Waals surface area contributed by atoms with E-state index >= 15 is 0 Å². The number of amides is 1. The summed E-state index contributed by atoms with van der Waals surface area (Å²) in [6.45, 7) is 4.17. The van der Waals surface area contributed by atoms with Crippen molar-refractivity contribution >= 4 is 22.4 Å². The van der Waals surface area contributed by atoms with Crippen LogP contribution in [0.15, 0.2) is 35.7 Å². The monoisotopic (exact) mass is 346 g/mol. The molecule has 1 amide bonds. The lowest BCUT2D eigenvalue weighted by molar-refractivity contribution is -0.116. The van der Waals surface area contributed by atoms with Crippen LogP contribution in [-0.2, 0) is 16.1 Å². The summed E-state index contributed by atoms with van der Waals surface area (Å²) in [6, 6.07) is 9.34. The van der Waals surface area contributed by atoms with Crippen LogP contribution in [0.2, 0.25) is 0 Å². The second kappa shape index (κ2) is 8.34. The Morgan fingerprint density at radius 3 is 2.83 bits per heavy atom. The summed E-state index contributed by atoms with van der Waals surface area (Å²) >= 11 is 1.45. The number of morpholine rings is 1. The van der Waals surface area contributed by atoms with Crippen molar-refractivity contribution in [3.05, 3.63) is 47.0 Å². The summed E-state index contributed by atoms with van der Waals surface area (Å²) in [5.41, 5.74) is 8.02. The number of carbonyl (C=O) groups excluding carboxylic acids is 1. The molecular formula is C17H22N4O2S. The first-order valence-corrected chi connectivity index (χ1v) is 8.93. The molecule has 1 aromatic carbocycles. The molecule has 0 saturated carbocycles. The minimum Gasteiger partial charge on any atom is -0.379 e. The summed E-state index contributed by atoms with van der Waals surface area (Å²) in [6.07, 6.45) is 0.238. The second-order valence-electron chi connectivity index (χ2n) is 5.80. The predicted octanol–water partition coefficient (Wildman–Crippen LogP) is 2.00. The van der Waals surface area contributed by atoms with Gasteiger partial charge in [-0.05, 0) is 5.56 Å². The summed E-state index contributed by atoms with van der Waals surface area (Å²) in [4.78, 5) is 18.9. The average Bonchev–Trinajstić information content (AvgIpc) is 3.03. The molecule has 3 N–H and O–H groups in total. The van der Waals surface area contributed by atoms with Crippen molar-refractivity contribution in [3.8, 4) is 0 Å². The van der Waals surface area contributed by atoms with E-state index in [4.69, 9.17) is 10.5 Å². The molecule has 128 valence electrons. The van der Waals surface area contributed by atoms with E-state index < -0.39 is 0 Å². The smallest absolute Gasteiger partial charge is 0.228 e. The predicted molar refractivity (Wildman–Crippen MR) is 94.8 cm³/mol. The fourth-order valence-corrected chi connectivity index (χ4v) is 3.33. The maximum Gasteiger partial charge on any atom is 0.228 e. The number of hydrogen-bond donors (Lipinski definition) is 2. The Bertz CT molecular complexity index is 656. The Morgan fingerprint density at radius 2 is 2.08 bits per heavy atom. The van der Waals surface area contributed by atoms with E-state index in [1.807, 2.05) is 35.7 Å². The van der Waals surface area contributed by atoms with E-state index in [2.05, 4.69) is 15.2 Å². The third-order valence-electron chi connectivity index (χ3n) is 3.92. The molecule has 1 unspecified atom stereocenters. The molecule has 6 nitrogen and oxygen atoms in total. The van der Waals surface area contributed by atoms with Crippen LogP contribution in [0.25, 0.3) is 0 Å². The van der Waals surface area contributed by atoms with E-state index in [1.54, 1.807) is 0 Å². The minimum absolute atomic E-state index is 0.112. The van der Waals surface area contributed by atoms with Crippen molar-refractivity contribution in [2.75, 3.05) is 31.6 Å². The third kappa shape index (κ3) is 4.85. The Balaban J connectivity index is 1.49. The van der Waals surface area contributed by atoms with Crippen molar-refractivity contribution < 1.29 is 9.53 Å². The Hall–Kier alpha value is -1.80. The lowest BCUT2D eigenvalue weighted by Gasteiger charge is -2.25. The van der Waals surface area contributed by atoms with Crippen molar-refractivity contribution in [2.45, 2.75) is 19.0 Å². The maximum absolute atomic E-state index is 12.1. The Morgan fingerprint density at radius 1 is 1.33 bits per heavy atom. The number of nitrogens with one attached hydrogen (secondary N) is 1. The summed E-state index contributed by atoms with van der Waals surface area (Å²) in [5, 5.41) is 5.46. The number of benzene rings is 1. The van der Waals surface area contributed by atoms with Crippen LogP contribution >= 0.6 is 11.3 Å². The highest BCUT2D eigenvalue weighted by atomic mass is 32.1. The fraction of sp³-hybridized carbons (Fsp3) is 0.412. The van der Waals surface area contributed by atoms with Crippen LogP contribution in [-0.4, -0.2) is 42.1 Å². The van der Waals surface area contributed by atoms with Gasteiger partial charge in [-0.25, -0.2) is 4.98 Å². The van der Waals surface area contributed by atoms with E-state index in [1.165, 1.54) is 11.3 Å². The molecule has 0 aliphatic carbocycles. The number of nitrogens with two attached hydrogens (primary N) is 1. The first-order valence-electron chi connectivity index (χ1n) is 8.05. The largest absolute Gasteiger partial charge is 0.379 e. The van der Waals surface area contributed by atoms with Crippen molar-refractivity contribution in [3.63, 3.8) is 0 Å². The Kier molecular flexibility index (Phi) is 5.92. The van der Waals surface area contributed by atoms with Gasteiger partial charge in [0.1, 0.15) is 0 Å². The highest BCUT2D eigenvalue weighted by Gasteiger charge is 2.15. The van der Waals surface area contributed by atoms with Gasteiger partial charge in [0.15, 0.2) is 5.13 Å². The molecule has 24 heavy (non-hydrogen) atoms. The maximum atomic E-state index is 12.1. The summed E-state index contributed by atoms with van der Waals surface area (Å²) in [5.74, 6) is -0.112. The zero-order valence-corrected chi connectivity index (χ0v) is 14.3. The molecule has 1 aromatic heterocycles. The van der Waals surface area contributed by atoms with E-state index in [0.717, 1.165) is 44.1 Å². The normalized spacial score (nSPS) is 16.7. The lowest BCUT2D eigenvalue weighted by atomic mass is 10.0. The molecule has 1 aliphatic heterocycles. The number of aromatic nitrogens is 1. The Labute approximate surface area is 145 Å². The van der Waals surface area contributed by atoms with Crippen LogP contribution in [0.3, 0.4) is 0 Å². The molecule has 2 aromatic rings. The zero-order valence-electron chi connectivity index (χ0n) is 13.5. The standard InChI is InChI=1S/C17H22N4O2S/c18-15(13-4-2-1-3-5-13)10-16(22)20-17-19-14(12-24-17)11-21-6-8-23-9-7-21/h1-5,12,15H,6-11,18H2,(H,19,20,22). The molecule has 2 heterocycles. The van der Waals surface area contributed by atoms with Crippen LogP contribution in [0.1, 0.15) is 23.7 Å². The summed E-state index contributed by atoms with van der Waals surface area (Å²) < 4.78 is 5.34. The molecule has 1 aliphatic rings. The van der Waals surface area contributed by atoms with Gasteiger partial charge in [0.25, 0.3) is 0 Å². The van der Waals surface area contributed by atoms with E-state index in [9.17, 15) is 4.79 Å². The molecule has 0 spiro atoms. The number of nitrogens with zero attached hydrogens (tertiary/aromatic N) is 2. The van der Waals surface area contributed by atoms with E-state index in [-0.39, 0.29) is 18.4 Å². The van der Waals surface area contributed by atoms with Crippen molar-refractivity contribution in [1.29, 1.82) is 0 Å². The molecule has 3 rings (SSSR count). The highest BCUT2D eigenvalue weighted by molar-refractivity contribution is 7.13. The SMILES string of the molecule is NC(CC(=O)Nc1nc(CN2CCOCC2)cs1)c1ccccc1. The molecule has 1 saturated heterocycles. The average molecular weight is 346 g/mol. The summed E-state index contributed by atoms with van der Waals surface area (Å²) in [7, 11) is 0. The van der Waals surface area contributed by atoms with Gasteiger partial charge < -0.3 is 15.8 Å². The van der Waals surface area contributed by atoms with Gasteiger partial charge in [-0.1, -0.05) is 30.3 Å². The molecular weight excluding hydrogens is 324 g/mol. The van der Waals surface area contributed by atoms with Crippen LogP contribution < -0.4 is 11.1 Å². The van der Waals surface area contributed by atoms with Gasteiger partial charge in [0.2, 0.25) is 5.91 Å². The van der Waals surface area contributed by atoms with Gasteiger partial charge in [-0.15, -0.1) is 11.3 Å². The van der Waals surface area contributed by atoms with Crippen molar-refractivity contribution in [2.24, 2.45) is 5.73 Å². The van der Waals surface area contributed by atoms with Gasteiger partial charge in [-0.2, -0.15) is 0 Å². The van der Waals surface area contributed by atoms with Crippen LogP contribution in [0.5, 0.6) is 0 Å². The van der Waals surface area contributed by atoms with Crippen LogP contribution in [0.4, 0.5) is 5.13 Å². The third-order valence-corrected chi connectivity index (χ3v) is 4.73. The molecule has 1 fully saturated rings. The molecule has 1 atom stereocenters. The van der Waals surface area contributed by atoms with Gasteiger partial charge in [-0.3, -0.25) is 9.69 Å². The highest BCUT2D eigenvalue weighted by Crippen LogP contribution is 2.19.